The predicted octanol–water partition coefficient (Wildman–Crippen LogP) is 3.53. The molecule has 0 spiro atoms. The van der Waals surface area contributed by atoms with E-state index in [4.69, 9.17) is 4.74 Å². The quantitative estimate of drug-likeness (QED) is 0.847. The van der Waals surface area contributed by atoms with Crippen LogP contribution in [0.2, 0.25) is 0 Å². The summed E-state index contributed by atoms with van der Waals surface area (Å²) in [6.45, 7) is 6.28. The molecule has 2 aromatic rings. The Labute approximate surface area is 132 Å². The second-order valence-electron chi connectivity index (χ2n) is 5.17. The zero-order valence-electron chi connectivity index (χ0n) is 13.3. The summed E-state index contributed by atoms with van der Waals surface area (Å²) in [5, 5.41) is 0. The molecule has 0 bridgehead atoms. The SMILES string of the molecule is CCOc1ccc(S(=O)(=O)N(C)c2cc(C)ccc2C)cc1. The Morgan fingerprint density at radius 3 is 2.27 bits per heavy atom. The van der Waals surface area contributed by atoms with E-state index >= 15 is 0 Å². The molecular formula is C17H21NO3S. The van der Waals surface area contributed by atoms with Crippen LogP contribution in [0.15, 0.2) is 47.4 Å². The summed E-state index contributed by atoms with van der Waals surface area (Å²) in [5.74, 6) is 0.663. The van der Waals surface area contributed by atoms with Crippen molar-refractivity contribution in [3.8, 4) is 5.75 Å². The van der Waals surface area contributed by atoms with Crippen LogP contribution in [0.4, 0.5) is 5.69 Å². The minimum atomic E-state index is -3.59. The van der Waals surface area contributed by atoms with Crippen LogP contribution in [0.3, 0.4) is 0 Å². The zero-order valence-corrected chi connectivity index (χ0v) is 14.1. The van der Waals surface area contributed by atoms with Gasteiger partial charge in [-0.3, -0.25) is 4.31 Å². The van der Waals surface area contributed by atoms with Gasteiger partial charge in [-0.05, 0) is 62.2 Å². The summed E-state index contributed by atoms with van der Waals surface area (Å²) < 4.78 is 32.2. The molecule has 2 aromatic carbocycles. The van der Waals surface area contributed by atoms with Crippen LogP contribution in [0.5, 0.6) is 5.75 Å². The maximum absolute atomic E-state index is 12.8. The second kappa shape index (κ2) is 6.40. The number of sulfonamides is 1. The summed E-state index contributed by atoms with van der Waals surface area (Å²) >= 11 is 0. The lowest BCUT2D eigenvalue weighted by molar-refractivity contribution is 0.340. The molecule has 0 N–H and O–H groups in total. The largest absolute Gasteiger partial charge is 0.494 e. The van der Waals surface area contributed by atoms with E-state index in [9.17, 15) is 8.42 Å². The molecule has 0 radical (unpaired) electrons. The van der Waals surface area contributed by atoms with Crippen LogP contribution in [0.1, 0.15) is 18.1 Å². The average molecular weight is 319 g/mol. The first-order valence-corrected chi connectivity index (χ1v) is 8.59. The van der Waals surface area contributed by atoms with Gasteiger partial charge in [-0.25, -0.2) is 8.42 Å². The first-order chi connectivity index (χ1) is 10.4. The van der Waals surface area contributed by atoms with E-state index in [1.54, 1.807) is 31.3 Å². The van der Waals surface area contributed by atoms with Gasteiger partial charge >= 0.3 is 0 Å². The molecule has 4 nitrogen and oxygen atoms in total. The second-order valence-corrected chi connectivity index (χ2v) is 7.14. The predicted molar refractivity (Wildman–Crippen MR) is 89.1 cm³/mol. The van der Waals surface area contributed by atoms with Crippen molar-refractivity contribution >= 4 is 15.7 Å². The molecule has 0 aliphatic carbocycles. The topological polar surface area (TPSA) is 46.6 Å². The van der Waals surface area contributed by atoms with Crippen molar-refractivity contribution in [3.63, 3.8) is 0 Å². The first-order valence-electron chi connectivity index (χ1n) is 7.15. The number of aryl methyl sites for hydroxylation is 2. The van der Waals surface area contributed by atoms with Crippen LogP contribution in [0, 0.1) is 13.8 Å². The summed E-state index contributed by atoms with van der Waals surface area (Å²) in [6.07, 6.45) is 0. The Bertz CT molecular complexity index is 752. The van der Waals surface area contributed by atoms with Crippen molar-refractivity contribution in [2.45, 2.75) is 25.7 Å². The molecule has 0 saturated carbocycles. The lowest BCUT2D eigenvalue weighted by Crippen LogP contribution is -2.27. The molecule has 22 heavy (non-hydrogen) atoms. The smallest absolute Gasteiger partial charge is 0.264 e. The van der Waals surface area contributed by atoms with Crippen molar-refractivity contribution in [3.05, 3.63) is 53.6 Å². The fourth-order valence-electron chi connectivity index (χ4n) is 2.22. The fourth-order valence-corrected chi connectivity index (χ4v) is 3.47. The number of hydrogen-bond donors (Lipinski definition) is 0. The molecule has 0 aromatic heterocycles. The van der Waals surface area contributed by atoms with Gasteiger partial charge < -0.3 is 4.74 Å². The van der Waals surface area contributed by atoms with E-state index in [2.05, 4.69) is 0 Å². The molecule has 0 unspecified atom stereocenters. The van der Waals surface area contributed by atoms with Gasteiger partial charge in [-0.2, -0.15) is 0 Å². The summed E-state index contributed by atoms with van der Waals surface area (Å²) in [6, 6.07) is 12.3. The minimum absolute atomic E-state index is 0.249. The van der Waals surface area contributed by atoms with E-state index in [0.717, 1.165) is 11.1 Å². The Hall–Kier alpha value is -2.01. The van der Waals surface area contributed by atoms with Crippen LogP contribution in [0.25, 0.3) is 0 Å². The van der Waals surface area contributed by atoms with Crippen LogP contribution >= 0.6 is 0 Å². The Morgan fingerprint density at radius 2 is 1.68 bits per heavy atom. The van der Waals surface area contributed by atoms with Crippen LogP contribution < -0.4 is 9.04 Å². The van der Waals surface area contributed by atoms with Gasteiger partial charge in [-0.15, -0.1) is 0 Å². The van der Waals surface area contributed by atoms with Gasteiger partial charge in [-0.1, -0.05) is 12.1 Å². The molecule has 5 heteroatoms. The summed E-state index contributed by atoms with van der Waals surface area (Å²) in [4.78, 5) is 0.249. The number of benzene rings is 2. The average Bonchev–Trinajstić information content (AvgIpc) is 2.50. The lowest BCUT2D eigenvalue weighted by Gasteiger charge is -2.22. The molecule has 118 valence electrons. The van der Waals surface area contributed by atoms with Gasteiger partial charge in [0, 0.05) is 7.05 Å². The molecular weight excluding hydrogens is 298 g/mol. The number of anilines is 1. The number of ether oxygens (including phenoxy) is 1. The van der Waals surface area contributed by atoms with E-state index in [-0.39, 0.29) is 4.90 Å². The maximum atomic E-state index is 12.8. The molecule has 2 rings (SSSR count). The summed E-state index contributed by atoms with van der Waals surface area (Å²) in [7, 11) is -2.01. The molecule has 0 heterocycles. The number of nitrogens with zero attached hydrogens (tertiary/aromatic N) is 1. The molecule has 0 atom stereocenters. The van der Waals surface area contributed by atoms with Crippen LogP contribution in [-0.4, -0.2) is 22.1 Å². The third-order valence-electron chi connectivity index (χ3n) is 3.50. The molecule has 0 saturated heterocycles. The highest BCUT2D eigenvalue weighted by molar-refractivity contribution is 7.92. The first kappa shape index (κ1) is 16.4. The van der Waals surface area contributed by atoms with Gasteiger partial charge in [0.05, 0.1) is 17.2 Å². The van der Waals surface area contributed by atoms with Crippen molar-refractivity contribution < 1.29 is 13.2 Å². The van der Waals surface area contributed by atoms with E-state index in [1.807, 2.05) is 39.0 Å². The minimum Gasteiger partial charge on any atom is -0.494 e. The third kappa shape index (κ3) is 3.25. The van der Waals surface area contributed by atoms with Crippen molar-refractivity contribution in [1.82, 2.24) is 0 Å². The highest BCUT2D eigenvalue weighted by Crippen LogP contribution is 2.27. The van der Waals surface area contributed by atoms with Gasteiger partial charge in [0.2, 0.25) is 0 Å². The molecule has 0 aliphatic heterocycles. The maximum Gasteiger partial charge on any atom is 0.264 e. The monoisotopic (exact) mass is 319 g/mol. The number of rotatable bonds is 5. The highest BCUT2D eigenvalue weighted by Gasteiger charge is 2.22. The lowest BCUT2D eigenvalue weighted by atomic mass is 10.1. The third-order valence-corrected chi connectivity index (χ3v) is 5.28. The molecule has 0 fully saturated rings. The van der Waals surface area contributed by atoms with Crippen molar-refractivity contribution in [2.24, 2.45) is 0 Å². The van der Waals surface area contributed by atoms with Gasteiger partial charge in [0.25, 0.3) is 10.0 Å². The normalized spacial score (nSPS) is 11.3. The standard InChI is InChI=1S/C17H21NO3S/c1-5-21-15-8-10-16(11-9-15)22(19,20)18(4)17-12-13(2)6-7-14(17)3/h6-12H,5H2,1-4H3. The molecule has 0 aliphatic rings. The van der Waals surface area contributed by atoms with Crippen molar-refractivity contribution in [2.75, 3.05) is 18.0 Å². The van der Waals surface area contributed by atoms with Crippen LogP contribution in [-0.2, 0) is 10.0 Å². The van der Waals surface area contributed by atoms with E-state index in [1.165, 1.54) is 4.31 Å². The van der Waals surface area contributed by atoms with E-state index in [0.29, 0.717) is 18.0 Å². The number of hydrogen-bond acceptors (Lipinski definition) is 3. The fraction of sp³-hybridized carbons (Fsp3) is 0.294. The Morgan fingerprint density at radius 1 is 1.05 bits per heavy atom. The van der Waals surface area contributed by atoms with Crippen molar-refractivity contribution in [1.29, 1.82) is 0 Å². The highest BCUT2D eigenvalue weighted by atomic mass is 32.2. The van der Waals surface area contributed by atoms with Gasteiger partial charge in [0.15, 0.2) is 0 Å². The zero-order chi connectivity index (χ0) is 16.3. The van der Waals surface area contributed by atoms with Gasteiger partial charge in [0.1, 0.15) is 5.75 Å². The Kier molecular flexibility index (Phi) is 4.76. The van der Waals surface area contributed by atoms with E-state index < -0.39 is 10.0 Å². The Balaban J connectivity index is 2.38. The summed E-state index contributed by atoms with van der Waals surface area (Å²) in [5.41, 5.74) is 2.63. The molecule has 0 amide bonds.